The highest BCUT2D eigenvalue weighted by Crippen LogP contribution is 2.47. The van der Waals surface area contributed by atoms with Gasteiger partial charge in [0.15, 0.2) is 11.5 Å². The number of carbonyl (C=O) groups is 1. The van der Waals surface area contributed by atoms with Crippen LogP contribution in [0.15, 0.2) is 48.5 Å². The van der Waals surface area contributed by atoms with Crippen LogP contribution in [-0.2, 0) is 11.2 Å². The standard InChI is InChI=1S/C26H35NO5/c1-18(11-12-20-9-7-6-8-10-20)32-24-15-21(13-14-23(24)30-4)22-16-27(25(29)31-5)17-26(22,3)19(2)28/h6-10,13-15,18-19,22,28H,11-12,16-17H2,1-5H3/t18?,19-,22-,26-/m1/s1. The summed E-state index contributed by atoms with van der Waals surface area (Å²) in [5, 5.41) is 10.6. The second-order valence-corrected chi connectivity index (χ2v) is 8.95. The smallest absolute Gasteiger partial charge is 0.409 e. The quantitative estimate of drug-likeness (QED) is 0.646. The predicted molar refractivity (Wildman–Crippen MR) is 124 cm³/mol. The second-order valence-electron chi connectivity index (χ2n) is 8.95. The van der Waals surface area contributed by atoms with Gasteiger partial charge >= 0.3 is 6.09 Å². The van der Waals surface area contributed by atoms with E-state index >= 15 is 0 Å². The number of hydrogen-bond donors (Lipinski definition) is 1. The summed E-state index contributed by atoms with van der Waals surface area (Å²) in [5.41, 5.74) is 1.79. The van der Waals surface area contributed by atoms with Crippen LogP contribution in [0, 0.1) is 5.41 Å². The molecule has 0 spiro atoms. The van der Waals surface area contributed by atoms with Crippen LogP contribution >= 0.6 is 0 Å². The number of aliphatic hydroxyl groups is 1. The Balaban J connectivity index is 1.80. The molecule has 1 aliphatic rings. The number of likely N-dealkylation sites (tertiary alicyclic amines) is 1. The zero-order valence-electron chi connectivity index (χ0n) is 19.7. The second kappa shape index (κ2) is 10.3. The summed E-state index contributed by atoms with van der Waals surface area (Å²) in [4.78, 5) is 13.8. The number of benzene rings is 2. The predicted octanol–water partition coefficient (Wildman–Crippen LogP) is 4.65. The summed E-state index contributed by atoms with van der Waals surface area (Å²) < 4.78 is 16.8. The van der Waals surface area contributed by atoms with Gasteiger partial charge in [-0.15, -0.1) is 0 Å². The van der Waals surface area contributed by atoms with Crippen LogP contribution in [0.3, 0.4) is 0 Å². The van der Waals surface area contributed by atoms with Crippen LogP contribution < -0.4 is 9.47 Å². The molecule has 2 aromatic carbocycles. The summed E-state index contributed by atoms with van der Waals surface area (Å²) in [6.07, 6.45) is 0.832. The normalized spacial score (nSPS) is 22.3. The largest absolute Gasteiger partial charge is 0.493 e. The lowest BCUT2D eigenvalue weighted by atomic mass is 9.72. The Morgan fingerprint density at radius 1 is 1.16 bits per heavy atom. The number of nitrogens with zero attached hydrogens (tertiary/aromatic N) is 1. The minimum Gasteiger partial charge on any atom is -0.493 e. The highest BCUT2D eigenvalue weighted by atomic mass is 16.5. The Morgan fingerprint density at radius 2 is 1.88 bits per heavy atom. The number of hydrogen-bond acceptors (Lipinski definition) is 5. The molecule has 0 aromatic heterocycles. The maximum atomic E-state index is 12.2. The Labute approximate surface area is 191 Å². The van der Waals surface area contributed by atoms with E-state index in [1.807, 2.05) is 43.3 Å². The van der Waals surface area contributed by atoms with Gasteiger partial charge in [0.2, 0.25) is 0 Å². The summed E-state index contributed by atoms with van der Waals surface area (Å²) in [6.45, 7) is 6.75. The van der Waals surface area contributed by atoms with Crippen molar-refractivity contribution in [2.75, 3.05) is 27.3 Å². The average molecular weight is 442 g/mol. The third kappa shape index (κ3) is 5.18. The summed E-state index contributed by atoms with van der Waals surface area (Å²) >= 11 is 0. The zero-order valence-corrected chi connectivity index (χ0v) is 19.7. The van der Waals surface area contributed by atoms with Crippen molar-refractivity contribution < 1.29 is 24.1 Å². The van der Waals surface area contributed by atoms with Crippen molar-refractivity contribution in [1.29, 1.82) is 0 Å². The first-order valence-electron chi connectivity index (χ1n) is 11.2. The number of carbonyl (C=O) groups excluding carboxylic acids is 1. The molecule has 0 saturated carbocycles. The maximum absolute atomic E-state index is 12.2. The molecule has 0 radical (unpaired) electrons. The Kier molecular flexibility index (Phi) is 7.67. The number of aryl methyl sites for hydroxylation is 1. The molecule has 1 N–H and O–H groups in total. The third-order valence-corrected chi connectivity index (χ3v) is 6.72. The van der Waals surface area contributed by atoms with Crippen LogP contribution in [0.2, 0.25) is 0 Å². The van der Waals surface area contributed by atoms with Gasteiger partial charge < -0.3 is 24.2 Å². The Bertz CT molecular complexity index is 900. The lowest BCUT2D eigenvalue weighted by molar-refractivity contribution is 0.0470. The number of rotatable bonds is 8. The zero-order chi connectivity index (χ0) is 23.3. The van der Waals surface area contributed by atoms with Gasteiger partial charge in [0.1, 0.15) is 0 Å². The molecule has 1 amide bonds. The van der Waals surface area contributed by atoms with E-state index in [4.69, 9.17) is 14.2 Å². The molecule has 6 nitrogen and oxygen atoms in total. The monoisotopic (exact) mass is 441 g/mol. The molecule has 32 heavy (non-hydrogen) atoms. The van der Waals surface area contributed by atoms with Gasteiger partial charge in [0, 0.05) is 24.4 Å². The molecule has 174 valence electrons. The molecular formula is C26H35NO5. The van der Waals surface area contributed by atoms with Gasteiger partial charge in [-0.1, -0.05) is 43.3 Å². The fourth-order valence-corrected chi connectivity index (χ4v) is 4.48. The van der Waals surface area contributed by atoms with Crippen LogP contribution in [-0.4, -0.2) is 55.6 Å². The molecule has 1 aliphatic heterocycles. The number of methoxy groups -OCH3 is 2. The molecule has 0 aliphatic carbocycles. The van der Waals surface area contributed by atoms with E-state index in [0.29, 0.717) is 24.6 Å². The Hall–Kier alpha value is -2.73. The van der Waals surface area contributed by atoms with E-state index in [2.05, 4.69) is 19.1 Å². The summed E-state index contributed by atoms with van der Waals surface area (Å²) in [7, 11) is 3.01. The molecule has 1 saturated heterocycles. The summed E-state index contributed by atoms with van der Waals surface area (Å²) in [5.74, 6) is 1.28. The van der Waals surface area contributed by atoms with Crippen molar-refractivity contribution in [3.63, 3.8) is 0 Å². The van der Waals surface area contributed by atoms with Gasteiger partial charge in [0.25, 0.3) is 0 Å². The molecule has 4 atom stereocenters. The van der Waals surface area contributed by atoms with Gasteiger partial charge in [-0.3, -0.25) is 0 Å². The maximum Gasteiger partial charge on any atom is 0.409 e. The molecule has 6 heteroatoms. The van der Waals surface area contributed by atoms with Gasteiger partial charge in [-0.05, 0) is 49.9 Å². The van der Waals surface area contributed by atoms with Gasteiger partial charge in [0.05, 0.1) is 26.4 Å². The fraction of sp³-hybridized carbons (Fsp3) is 0.500. The number of ether oxygens (including phenoxy) is 3. The summed E-state index contributed by atoms with van der Waals surface area (Å²) in [6, 6.07) is 16.2. The first-order chi connectivity index (χ1) is 15.3. The molecule has 1 unspecified atom stereocenters. The van der Waals surface area contributed by atoms with Crippen LogP contribution in [0.4, 0.5) is 4.79 Å². The van der Waals surface area contributed by atoms with Crippen molar-refractivity contribution in [2.24, 2.45) is 5.41 Å². The van der Waals surface area contributed by atoms with E-state index in [1.165, 1.54) is 12.7 Å². The lowest BCUT2D eigenvalue weighted by Crippen LogP contribution is -2.38. The number of aliphatic hydroxyl groups excluding tert-OH is 1. The molecular weight excluding hydrogens is 406 g/mol. The topological polar surface area (TPSA) is 68.2 Å². The van der Waals surface area contributed by atoms with Gasteiger partial charge in [-0.2, -0.15) is 0 Å². The minimum absolute atomic E-state index is 0.00218. The van der Waals surface area contributed by atoms with Crippen LogP contribution in [0.1, 0.15) is 44.2 Å². The van der Waals surface area contributed by atoms with Gasteiger partial charge in [-0.25, -0.2) is 4.79 Å². The molecule has 1 heterocycles. The van der Waals surface area contributed by atoms with E-state index in [1.54, 1.807) is 18.9 Å². The molecule has 1 fully saturated rings. The first kappa shape index (κ1) is 23.9. The van der Waals surface area contributed by atoms with Crippen LogP contribution in [0.5, 0.6) is 11.5 Å². The highest BCUT2D eigenvalue weighted by molar-refractivity contribution is 5.68. The minimum atomic E-state index is -0.599. The SMILES string of the molecule is COC(=O)N1C[C@H](c2ccc(OC)c(OC(C)CCc3ccccc3)c2)[C@@](C)([C@@H](C)O)C1. The van der Waals surface area contributed by atoms with Crippen molar-refractivity contribution >= 4 is 6.09 Å². The fourth-order valence-electron chi connectivity index (χ4n) is 4.48. The van der Waals surface area contributed by atoms with Crippen molar-refractivity contribution in [3.05, 3.63) is 59.7 Å². The third-order valence-electron chi connectivity index (χ3n) is 6.72. The van der Waals surface area contributed by atoms with E-state index in [-0.39, 0.29) is 18.1 Å². The van der Waals surface area contributed by atoms with Crippen molar-refractivity contribution in [3.8, 4) is 11.5 Å². The Morgan fingerprint density at radius 3 is 2.50 bits per heavy atom. The molecule has 3 rings (SSSR count). The average Bonchev–Trinajstić information content (AvgIpc) is 3.17. The first-order valence-corrected chi connectivity index (χ1v) is 11.2. The molecule has 2 aromatic rings. The molecule has 0 bridgehead atoms. The van der Waals surface area contributed by atoms with E-state index in [0.717, 1.165) is 18.4 Å². The van der Waals surface area contributed by atoms with E-state index < -0.39 is 11.5 Å². The van der Waals surface area contributed by atoms with Crippen molar-refractivity contribution in [1.82, 2.24) is 4.90 Å². The lowest BCUT2D eigenvalue weighted by Gasteiger charge is -2.33. The van der Waals surface area contributed by atoms with E-state index in [9.17, 15) is 9.90 Å². The highest BCUT2D eigenvalue weighted by Gasteiger charge is 2.48. The van der Waals surface area contributed by atoms with Crippen molar-refractivity contribution in [2.45, 2.75) is 51.7 Å². The number of amides is 1. The van der Waals surface area contributed by atoms with Crippen LogP contribution in [0.25, 0.3) is 0 Å².